The Morgan fingerprint density at radius 2 is 2.12 bits per heavy atom. The van der Waals surface area contributed by atoms with E-state index in [1.807, 2.05) is 30.3 Å². The van der Waals surface area contributed by atoms with Gasteiger partial charge in [-0.25, -0.2) is 0 Å². The lowest BCUT2D eigenvalue weighted by molar-refractivity contribution is 0.396. The third-order valence-electron chi connectivity index (χ3n) is 4.52. The zero-order valence-corrected chi connectivity index (χ0v) is 15.3. The molecule has 4 rings (SSSR count). The molecule has 0 amide bonds. The third kappa shape index (κ3) is 2.30. The molecule has 0 fully saturated rings. The van der Waals surface area contributed by atoms with Crippen LogP contribution in [0, 0.1) is 11.3 Å². The molecule has 0 spiro atoms. The second-order valence-corrected chi connectivity index (χ2v) is 6.90. The van der Waals surface area contributed by atoms with E-state index >= 15 is 0 Å². The molecule has 128 valence electrons. The molecule has 2 N–H and O–H groups in total. The van der Waals surface area contributed by atoms with Gasteiger partial charge in [-0.1, -0.05) is 12.1 Å². The monoisotopic (exact) mass is 408 g/mol. The van der Waals surface area contributed by atoms with Crippen molar-refractivity contribution in [1.82, 2.24) is 9.55 Å². The SMILES string of the molecule is Cn1c(=O)c2c(c3ccccc31)OC(N)=C(C#N)C2c1cncc(Br)c1. The minimum absolute atomic E-state index is 0.00313. The number of nitrogens with two attached hydrogens (primary N) is 1. The van der Waals surface area contributed by atoms with Crippen LogP contribution in [0.15, 0.2) is 63.4 Å². The van der Waals surface area contributed by atoms with Gasteiger partial charge in [0.2, 0.25) is 5.88 Å². The summed E-state index contributed by atoms with van der Waals surface area (Å²) in [7, 11) is 1.70. The fourth-order valence-electron chi connectivity index (χ4n) is 3.35. The molecule has 0 radical (unpaired) electrons. The molecule has 0 saturated heterocycles. The summed E-state index contributed by atoms with van der Waals surface area (Å²) in [5.74, 6) is -0.245. The number of fused-ring (bicyclic) bond motifs is 3. The zero-order chi connectivity index (χ0) is 18.4. The molecule has 1 aliphatic heterocycles. The maximum absolute atomic E-state index is 13.1. The quantitative estimate of drug-likeness (QED) is 0.667. The standard InChI is InChI=1S/C19H13BrN4O2/c1-24-14-5-3-2-4-12(14)17-16(19(24)25)15(13(7-21)18(22)26-17)10-6-11(20)9-23-8-10/h2-6,8-9,15H,22H2,1H3. The average Bonchev–Trinajstić information content (AvgIpc) is 2.65. The Labute approximate surface area is 157 Å². The maximum Gasteiger partial charge on any atom is 0.258 e. The molecule has 1 unspecified atom stereocenters. The summed E-state index contributed by atoms with van der Waals surface area (Å²) in [5, 5.41) is 10.4. The van der Waals surface area contributed by atoms with E-state index in [-0.39, 0.29) is 17.0 Å². The number of hydrogen-bond acceptors (Lipinski definition) is 5. The van der Waals surface area contributed by atoms with E-state index in [0.29, 0.717) is 16.9 Å². The molecule has 0 bridgehead atoms. The number of para-hydroxylation sites is 1. The predicted molar refractivity (Wildman–Crippen MR) is 100 cm³/mol. The van der Waals surface area contributed by atoms with E-state index in [1.54, 1.807) is 24.0 Å². The highest BCUT2D eigenvalue weighted by Gasteiger charge is 2.35. The van der Waals surface area contributed by atoms with Gasteiger partial charge in [0.25, 0.3) is 5.56 Å². The fraction of sp³-hybridized carbons (Fsp3) is 0.105. The van der Waals surface area contributed by atoms with Gasteiger partial charge in [0.15, 0.2) is 0 Å². The molecule has 1 aromatic carbocycles. The lowest BCUT2D eigenvalue weighted by Gasteiger charge is -2.27. The van der Waals surface area contributed by atoms with E-state index < -0.39 is 5.92 Å². The van der Waals surface area contributed by atoms with Gasteiger partial charge in [-0.05, 0) is 39.7 Å². The highest BCUT2D eigenvalue weighted by molar-refractivity contribution is 9.10. The van der Waals surface area contributed by atoms with E-state index in [1.165, 1.54) is 0 Å². The van der Waals surface area contributed by atoms with Gasteiger partial charge < -0.3 is 15.0 Å². The number of aryl methyl sites for hydroxylation is 1. The number of aromatic nitrogens is 2. The molecule has 1 aliphatic rings. The van der Waals surface area contributed by atoms with Crippen LogP contribution in [0.2, 0.25) is 0 Å². The van der Waals surface area contributed by atoms with Gasteiger partial charge in [-0.2, -0.15) is 5.26 Å². The number of benzene rings is 1. The first kappa shape index (κ1) is 16.4. The van der Waals surface area contributed by atoms with Crippen molar-refractivity contribution in [2.24, 2.45) is 12.8 Å². The Hall–Kier alpha value is -3.11. The average molecular weight is 409 g/mol. The van der Waals surface area contributed by atoms with Crippen LogP contribution in [-0.2, 0) is 7.05 Å². The van der Waals surface area contributed by atoms with E-state index in [2.05, 4.69) is 27.0 Å². The molecular formula is C19H13BrN4O2. The Bertz CT molecular complexity index is 1190. The van der Waals surface area contributed by atoms with Crippen molar-refractivity contribution in [2.45, 2.75) is 5.92 Å². The molecule has 0 saturated carbocycles. The number of halogens is 1. The Balaban J connectivity index is 2.14. The van der Waals surface area contributed by atoms with E-state index in [0.717, 1.165) is 15.4 Å². The van der Waals surface area contributed by atoms with Crippen LogP contribution in [-0.4, -0.2) is 9.55 Å². The van der Waals surface area contributed by atoms with E-state index in [4.69, 9.17) is 10.5 Å². The van der Waals surface area contributed by atoms with Gasteiger partial charge >= 0.3 is 0 Å². The summed E-state index contributed by atoms with van der Waals surface area (Å²) in [5.41, 5.74) is 7.82. The summed E-state index contributed by atoms with van der Waals surface area (Å²) in [6.07, 6.45) is 3.27. The van der Waals surface area contributed by atoms with Crippen LogP contribution in [0.1, 0.15) is 17.0 Å². The highest BCUT2D eigenvalue weighted by atomic mass is 79.9. The first-order valence-corrected chi connectivity index (χ1v) is 8.62. The molecule has 7 heteroatoms. The molecule has 6 nitrogen and oxygen atoms in total. The minimum atomic E-state index is -0.642. The van der Waals surface area contributed by atoms with Crippen molar-refractivity contribution in [1.29, 1.82) is 5.26 Å². The van der Waals surface area contributed by atoms with Crippen molar-refractivity contribution in [3.63, 3.8) is 0 Å². The predicted octanol–water partition coefficient (Wildman–Crippen LogP) is 2.91. The van der Waals surface area contributed by atoms with Crippen molar-refractivity contribution in [3.8, 4) is 11.8 Å². The molecule has 3 heterocycles. The third-order valence-corrected chi connectivity index (χ3v) is 4.96. The molecule has 2 aromatic heterocycles. The Morgan fingerprint density at radius 3 is 2.85 bits per heavy atom. The Morgan fingerprint density at radius 1 is 1.35 bits per heavy atom. The number of nitrogens with zero attached hydrogens (tertiary/aromatic N) is 3. The van der Waals surface area contributed by atoms with Crippen LogP contribution in [0.3, 0.4) is 0 Å². The normalized spacial score (nSPS) is 16.1. The number of hydrogen-bond donors (Lipinski definition) is 1. The van der Waals surface area contributed by atoms with Gasteiger partial charge in [-0.3, -0.25) is 9.78 Å². The van der Waals surface area contributed by atoms with Crippen LogP contribution < -0.4 is 16.0 Å². The molecule has 1 atom stereocenters. The second-order valence-electron chi connectivity index (χ2n) is 5.99. The number of pyridine rings is 2. The van der Waals surface area contributed by atoms with Gasteiger partial charge in [0.1, 0.15) is 17.4 Å². The highest BCUT2D eigenvalue weighted by Crippen LogP contribution is 2.43. The Kier molecular flexibility index (Phi) is 3.78. The molecular weight excluding hydrogens is 396 g/mol. The van der Waals surface area contributed by atoms with Crippen LogP contribution in [0.25, 0.3) is 10.9 Å². The molecule has 26 heavy (non-hydrogen) atoms. The van der Waals surface area contributed by atoms with Gasteiger partial charge in [0.05, 0.1) is 17.0 Å². The van der Waals surface area contributed by atoms with E-state index in [9.17, 15) is 10.1 Å². The summed E-state index contributed by atoms with van der Waals surface area (Å²) in [4.78, 5) is 17.3. The van der Waals surface area contributed by atoms with Crippen molar-refractivity contribution in [3.05, 3.63) is 80.1 Å². The van der Waals surface area contributed by atoms with Crippen molar-refractivity contribution < 1.29 is 4.74 Å². The summed E-state index contributed by atoms with van der Waals surface area (Å²) in [6, 6.07) is 11.4. The second kappa shape index (κ2) is 6.00. The summed E-state index contributed by atoms with van der Waals surface area (Å²) in [6.45, 7) is 0. The summed E-state index contributed by atoms with van der Waals surface area (Å²) >= 11 is 3.39. The topological polar surface area (TPSA) is 93.9 Å². The minimum Gasteiger partial charge on any atom is -0.439 e. The zero-order valence-electron chi connectivity index (χ0n) is 13.7. The smallest absolute Gasteiger partial charge is 0.258 e. The van der Waals surface area contributed by atoms with Gasteiger partial charge in [0, 0.05) is 29.3 Å². The van der Waals surface area contributed by atoms with Crippen LogP contribution >= 0.6 is 15.9 Å². The lowest BCUT2D eigenvalue weighted by Crippen LogP contribution is -2.31. The number of ether oxygens (including phenoxy) is 1. The van der Waals surface area contributed by atoms with Crippen LogP contribution in [0.4, 0.5) is 0 Å². The summed E-state index contributed by atoms with van der Waals surface area (Å²) < 4.78 is 8.06. The van der Waals surface area contributed by atoms with Crippen LogP contribution in [0.5, 0.6) is 5.75 Å². The van der Waals surface area contributed by atoms with Gasteiger partial charge in [-0.15, -0.1) is 0 Å². The first-order valence-electron chi connectivity index (χ1n) is 7.82. The van der Waals surface area contributed by atoms with Crippen molar-refractivity contribution >= 4 is 26.8 Å². The first-order chi connectivity index (χ1) is 12.5. The lowest BCUT2D eigenvalue weighted by atomic mass is 9.84. The largest absolute Gasteiger partial charge is 0.439 e. The number of nitriles is 1. The number of allylic oxidation sites excluding steroid dienone is 1. The fourth-order valence-corrected chi connectivity index (χ4v) is 3.73. The maximum atomic E-state index is 13.1. The molecule has 0 aliphatic carbocycles. The number of rotatable bonds is 1. The molecule has 3 aromatic rings. The van der Waals surface area contributed by atoms with Crippen molar-refractivity contribution in [2.75, 3.05) is 0 Å².